The van der Waals surface area contributed by atoms with Gasteiger partial charge in [0, 0.05) is 12.6 Å². The van der Waals surface area contributed by atoms with Crippen molar-refractivity contribution in [2.45, 2.75) is 32.7 Å². The fraction of sp³-hybridized carbons (Fsp3) is 0.625. The molecule has 13 heavy (non-hydrogen) atoms. The standard InChI is InChI=1S/C8H14N2O3/c1-5(9)3-4-7(8(12)13)10-6(2)11/h7,9H,3-4H2,1-2H3,(H,10,11)(H,12,13). The van der Waals surface area contributed by atoms with E-state index >= 15 is 0 Å². The lowest BCUT2D eigenvalue weighted by Crippen LogP contribution is -2.39. The summed E-state index contributed by atoms with van der Waals surface area (Å²) >= 11 is 0. The van der Waals surface area contributed by atoms with Crippen LogP contribution in [0.15, 0.2) is 0 Å². The quantitative estimate of drug-likeness (QED) is 0.542. The van der Waals surface area contributed by atoms with Crippen LogP contribution < -0.4 is 5.32 Å². The summed E-state index contributed by atoms with van der Waals surface area (Å²) in [6, 6.07) is -0.877. The van der Waals surface area contributed by atoms with Crippen molar-refractivity contribution in [3.8, 4) is 0 Å². The van der Waals surface area contributed by atoms with Crippen molar-refractivity contribution in [2.24, 2.45) is 0 Å². The monoisotopic (exact) mass is 186 g/mol. The fourth-order valence-electron chi connectivity index (χ4n) is 0.864. The molecule has 0 aliphatic heterocycles. The van der Waals surface area contributed by atoms with Crippen molar-refractivity contribution in [1.82, 2.24) is 5.32 Å². The molecule has 0 fully saturated rings. The third-order valence-corrected chi connectivity index (χ3v) is 1.48. The zero-order valence-electron chi connectivity index (χ0n) is 7.76. The number of nitrogens with one attached hydrogen (secondary N) is 2. The molecule has 0 heterocycles. The summed E-state index contributed by atoms with van der Waals surface area (Å²) < 4.78 is 0. The molecule has 0 aromatic carbocycles. The van der Waals surface area contributed by atoms with E-state index in [-0.39, 0.29) is 12.3 Å². The summed E-state index contributed by atoms with van der Waals surface area (Å²) in [5, 5.41) is 18.1. The van der Waals surface area contributed by atoms with Crippen LogP contribution in [0.3, 0.4) is 0 Å². The van der Waals surface area contributed by atoms with Gasteiger partial charge in [-0.25, -0.2) is 4.79 Å². The molecule has 5 heteroatoms. The van der Waals surface area contributed by atoms with Gasteiger partial charge in [-0.15, -0.1) is 0 Å². The highest BCUT2D eigenvalue weighted by atomic mass is 16.4. The van der Waals surface area contributed by atoms with Crippen LogP contribution in [0.5, 0.6) is 0 Å². The van der Waals surface area contributed by atoms with Crippen LogP contribution in [-0.4, -0.2) is 28.7 Å². The first-order valence-electron chi connectivity index (χ1n) is 3.97. The van der Waals surface area contributed by atoms with Crippen LogP contribution >= 0.6 is 0 Å². The summed E-state index contributed by atoms with van der Waals surface area (Å²) in [6.45, 7) is 2.87. The molecule has 74 valence electrons. The number of carbonyl (C=O) groups excluding carboxylic acids is 1. The molecular weight excluding hydrogens is 172 g/mol. The minimum absolute atomic E-state index is 0.268. The van der Waals surface area contributed by atoms with Crippen molar-refractivity contribution in [3.63, 3.8) is 0 Å². The maximum absolute atomic E-state index is 10.6. The van der Waals surface area contributed by atoms with E-state index in [9.17, 15) is 9.59 Å². The van der Waals surface area contributed by atoms with Gasteiger partial charge in [-0.05, 0) is 19.8 Å². The van der Waals surface area contributed by atoms with E-state index in [1.54, 1.807) is 6.92 Å². The minimum Gasteiger partial charge on any atom is -0.480 e. The van der Waals surface area contributed by atoms with E-state index in [2.05, 4.69) is 5.32 Å². The lowest BCUT2D eigenvalue weighted by Gasteiger charge is -2.11. The van der Waals surface area contributed by atoms with Crippen molar-refractivity contribution >= 4 is 17.6 Å². The predicted molar refractivity (Wildman–Crippen MR) is 47.9 cm³/mol. The zero-order valence-corrected chi connectivity index (χ0v) is 7.76. The van der Waals surface area contributed by atoms with Crippen molar-refractivity contribution in [3.05, 3.63) is 0 Å². The fourth-order valence-corrected chi connectivity index (χ4v) is 0.864. The molecule has 0 spiro atoms. The minimum atomic E-state index is -1.06. The van der Waals surface area contributed by atoms with Gasteiger partial charge in [0.15, 0.2) is 0 Å². The predicted octanol–water partition coefficient (Wildman–Crippen LogP) is 0.396. The van der Waals surface area contributed by atoms with Gasteiger partial charge in [-0.3, -0.25) is 4.79 Å². The average molecular weight is 186 g/mol. The van der Waals surface area contributed by atoms with E-state index in [1.807, 2.05) is 0 Å². The first-order chi connectivity index (χ1) is 5.93. The van der Waals surface area contributed by atoms with Gasteiger partial charge in [0.2, 0.25) is 5.91 Å². The molecule has 0 saturated heterocycles. The highest BCUT2D eigenvalue weighted by Crippen LogP contribution is 1.98. The second kappa shape index (κ2) is 5.29. The Hall–Kier alpha value is -1.39. The number of hydrogen-bond acceptors (Lipinski definition) is 3. The molecule has 1 unspecified atom stereocenters. The third kappa shape index (κ3) is 5.84. The van der Waals surface area contributed by atoms with Crippen molar-refractivity contribution in [1.29, 1.82) is 5.41 Å². The highest BCUT2D eigenvalue weighted by Gasteiger charge is 2.17. The molecule has 0 aliphatic carbocycles. The molecular formula is C8H14N2O3. The molecule has 0 aliphatic rings. The van der Waals surface area contributed by atoms with Crippen LogP contribution in [0.4, 0.5) is 0 Å². The van der Waals surface area contributed by atoms with Gasteiger partial charge in [0.1, 0.15) is 6.04 Å². The van der Waals surface area contributed by atoms with Crippen LogP contribution in [0.25, 0.3) is 0 Å². The molecule has 0 rings (SSSR count). The van der Waals surface area contributed by atoms with Gasteiger partial charge in [0.05, 0.1) is 0 Å². The maximum Gasteiger partial charge on any atom is 0.326 e. The number of carboxylic acids is 1. The van der Waals surface area contributed by atoms with Crippen molar-refractivity contribution in [2.75, 3.05) is 0 Å². The smallest absolute Gasteiger partial charge is 0.326 e. The number of aliphatic carboxylic acids is 1. The van der Waals surface area contributed by atoms with Crippen molar-refractivity contribution < 1.29 is 14.7 Å². The average Bonchev–Trinajstić information content (AvgIpc) is 1.96. The normalized spacial score (nSPS) is 11.8. The topological polar surface area (TPSA) is 90.3 Å². The lowest BCUT2D eigenvalue weighted by molar-refractivity contribution is -0.141. The van der Waals surface area contributed by atoms with Crippen LogP contribution in [-0.2, 0) is 9.59 Å². The molecule has 0 bridgehead atoms. The second-order valence-electron chi connectivity index (χ2n) is 2.91. The summed E-state index contributed by atoms with van der Waals surface area (Å²) in [4.78, 5) is 21.1. The zero-order chi connectivity index (χ0) is 10.4. The Morgan fingerprint density at radius 2 is 2.00 bits per heavy atom. The Labute approximate surface area is 76.6 Å². The number of carbonyl (C=O) groups is 2. The molecule has 0 radical (unpaired) electrons. The van der Waals surface area contributed by atoms with Gasteiger partial charge < -0.3 is 15.8 Å². The highest BCUT2D eigenvalue weighted by molar-refractivity contribution is 5.83. The Bertz CT molecular complexity index is 225. The van der Waals surface area contributed by atoms with E-state index in [1.165, 1.54) is 6.92 Å². The molecule has 0 saturated carbocycles. The Balaban J connectivity index is 4.02. The van der Waals surface area contributed by atoms with E-state index in [4.69, 9.17) is 10.5 Å². The van der Waals surface area contributed by atoms with Gasteiger partial charge >= 0.3 is 5.97 Å². The summed E-state index contributed by atoms with van der Waals surface area (Å²) in [7, 11) is 0. The number of rotatable bonds is 5. The van der Waals surface area contributed by atoms with Crippen LogP contribution in [0.1, 0.15) is 26.7 Å². The molecule has 1 amide bonds. The molecule has 0 aromatic heterocycles. The Morgan fingerprint density at radius 3 is 2.31 bits per heavy atom. The Kier molecular flexibility index (Phi) is 4.72. The summed E-state index contributed by atoms with van der Waals surface area (Å²) in [5.74, 6) is -1.42. The Morgan fingerprint density at radius 1 is 1.46 bits per heavy atom. The van der Waals surface area contributed by atoms with E-state index in [0.717, 1.165) is 0 Å². The van der Waals surface area contributed by atoms with Gasteiger partial charge in [-0.1, -0.05) is 0 Å². The largest absolute Gasteiger partial charge is 0.480 e. The number of amides is 1. The van der Waals surface area contributed by atoms with Gasteiger partial charge in [0.25, 0.3) is 0 Å². The van der Waals surface area contributed by atoms with E-state index < -0.39 is 12.0 Å². The lowest BCUT2D eigenvalue weighted by atomic mass is 10.1. The molecule has 3 N–H and O–H groups in total. The third-order valence-electron chi connectivity index (χ3n) is 1.48. The first-order valence-corrected chi connectivity index (χ1v) is 3.97. The SMILES string of the molecule is CC(=N)CCC(NC(C)=O)C(=O)O. The van der Waals surface area contributed by atoms with Crippen LogP contribution in [0.2, 0.25) is 0 Å². The molecule has 1 atom stereocenters. The summed E-state index contributed by atoms with van der Waals surface area (Å²) in [5.41, 5.74) is 0.414. The second-order valence-corrected chi connectivity index (χ2v) is 2.91. The van der Waals surface area contributed by atoms with Gasteiger partial charge in [-0.2, -0.15) is 0 Å². The van der Waals surface area contributed by atoms with Crippen LogP contribution in [0, 0.1) is 5.41 Å². The summed E-state index contributed by atoms with van der Waals surface area (Å²) in [6.07, 6.45) is 0.654. The first kappa shape index (κ1) is 11.6. The van der Waals surface area contributed by atoms with E-state index in [0.29, 0.717) is 12.1 Å². The number of carboxylic acid groups (broad SMARTS) is 1. The molecule has 5 nitrogen and oxygen atoms in total. The maximum atomic E-state index is 10.6. The number of hydrogen-bond donors (Lipinski definition) is 3. The molecule has 0 aromatic rings.